The molecule has 7 aromatic rings. The molecule has 0 aliphatic carbocycles. The molecule has 0 N–H and O–H groups in total. The van der Waals surface area contributed by atoms with E-state index in [2.05, 4.69) is 127 Å². The first-order chi connectivity index (χ1) is 21.7. The molecule has 0 aliphatic rings. The first-order valence-electron chi connectivity index (χ1n) is 14.4. The molecule has 0 atom stereocenters. The topological polar surface area (TPSA) is 51.6 Å². The highest BCUT2D eigenvalue weighted by Gasteiger charge is 2.12. The minimum atomic E-state index is 0.728. The molecule has 0 unspecified atom stereocenters. The zero-order chi connectivity index (χ0) is 29.7. The van der Waals surface area contributed by atoms with E-state index in [1.807, 2.05) is 43.0 Å². The van der Waals surface area contributed by atoms with E-state index < -0.39 is 0 Å². The number of nitrogens with zero attached hydrogens (tertiary/aromatic N) is 4. The summed E-state index contributed by atoms with van der Waals surface area (Å²) in [4.78, 5) is 17.8. The molecular weight excluding hydrogens is 604 g/mol. The Morgan fingerprint density at radius 2 is 0.727 bits per heavy atom. The maximum atomic E-state index is 4.63. The monoisotopic (exact) mass is 630 g/mol. The third-order valence-corrected chi connectivity index (χ3v) is 8.25. The van der Waals surface area contributed by atoms with Gasteiger partial charge in [-0.2, -0.15) is 0 Å². The molecule has 3 aromatic carbocycles. The van der Waals surface area contributed by atoms with Crippen molar-refractivity contribution in [2.24, 2.45) is 0 Å². The lowest BCUT2D eigenvalue weighted by atomic mass is 9.91. The fraction of sp³-hybridized carbons (Fsp3) is 0.0256. The number of benzene rings is 3. The van der Waals surface area contributed by atoms with Gasteiger partial charge in [0.1, 0.15) is 0 Å². The van der Waals surface area contributed by atoms with Crippen LogP contribution in [0.2, 0.25) is 0 Å². The Bertz CT molecular complexity index is 1970. The molecule has 44 heavy (non-hydrogen) atoms. The molecule has 0 saturated carbocycles. The van der Waals surface area contributed by atoms with Gasteiger partial charge in [0, 0.05) is 71.0 Å². The lowest BCUT2D eigenvalue weighted by Crippen LogP contribution is -1.90. The van der Waals surface area contributed by atoms with Crippen molar-refractivity contribution >= 4 is 15.9 Å². The third-order valence-electron chi connectivity index (χ3n) is 7.67. The van der Waals surface area contributed by atoms with Gasteiger partial charge in [0.15, 0.2) is 0 Å². The van der Waals surface area contributed by atoms with Crippen molar-refractivity contribution in [3.63, 3.8) is 0 Å². The summed E-state index contributed by atoms with van der Waals surface area (Å²) in [5, 5.41) is 0.728. The van der Waals surface area contributed by atoms with Crippen LogP contribution in [0, 0.1) is 0 Å². The maximum absolute atomic E-state index is 4.63. The second kappa shape index (κ2) is 12.5. The van der Waals surface area contributed by atoms with Crippen LogP contribution in [0.3, 0.4) is 0 Å². The Morgan fingerprint density at radius 1 is 0.364 bits per heavy atom. The van der Waals surface area contributed by atoms with E-state index in [1.165, 1.54) is 0 Å². The first-order valence-corrected chi connectivity index (χ1v) is 15.5. The van der Waals surface area contributed by atoms with E-state index in [0.717, 1.165) is 77.8 Å². The van der Waals surface area contributed by atoms with Crippen molar-refractivity contribution in [2.45, 2.75) is 5.33 Å². The smallest absolute Gasteiger partial charge is 0.0509 e. The van der Waals surface area contributed by atoms with Crippen molar-refractivity contribution in [1.82, 2.24) is 19.9 Å². The fourth-order valence-corrected chi connectivity index (χ4v) is 5.74. The number of pyridine rings is 4. The minimum Gasteiger partial charge on any atom is -0.264 e. The molecule has 5 heteroatoms. The summed E-state index contributed by atoms with van der Waals surface area (Å²) < 4.78 is 0. The molecule has 0 bridgehead atoms. The van der Waals surface area contributed by atoms with Gasteiger partial charge < -0.3 is 0 Å². The van der Waals surface area contributed by atoms with Gasteiger partial charge in [-0.3, -0.25) is 19.9 Å². The number of aromatic nitrogens is 4. The summed E-state index contributed by atoms with van der Waals surface area (Å²) in [6.45, 7) is 0. The molecule has 0 spiro atoms. The Kier molecular flexibility index (Phi) is 7.86. The minimum absolute atomic E-state index is 0.728. The van der Waals surface area contributed by atoms with Crippen LogP contribution in [-0.2, 0) is 5.33 Å². The van der Waals surface area contributed by atoms with Crippen molar-refractivity contribution in [2.75, 3.05) is 0 Å². The number of hydrogen-bond donors (Lipinski definition) is 0. The highest BCUT2D eigenvalue weighted by molar-refractivity contribution is 9.08. The lowest BCUT2D eigenvalue weighted by molar-refractivity contribution is 1.19. The van der Waals surface area contributed by atoms with Crippen LogP contribution in [0.4, 0.5) is 0 Å². The second-order valence-corrected chi connectivity index (χ2v) is 11.1. The summed E-state index contributed by atoms with van der Waals surface area (Å²) in [5.74, 6) is 0. The summed E-state index contributed by atoms with van der Waals surface area (Å²) in [6.07, 6.45) is 13.1. The van der Waals surface area contributed by atoms with Crippen LogP contribution in [0.25, 0.3) is 66.8 Å². The van der Waals surface area contributed by atoms with Crippen LogP contribution in [0.15, 0.2) is 153 Å². The van der Waals surface area contributed by atoms with E-state index in [-0.39, 0.29) is 0 Å². The largest absolute Gasteiger partial charge is 0.264 e. The van der Waals surface area contributed by atoms with Gasteiger partial charge in [-0.15, -0.1) is 0 Å². The van der Waals surface area contributed by atoms with Gasteiger partial charge in [0.25, 0.3) is 0 Å². The molecule has 0 aliphatic heterocycles. The van der Waals surface area contributed by atoms with E-state index >= 15 is 0 Å². The standard InChI is InChI=1S/C39H27BrN4/c40-22-39-11-10-32(26-44-39)38-19-34(18-37(21-38)31-9-4-14-43-25-31)28-6-1-5-27(15-28)33-16-35(29-7-2-12-41-23-29)20-36(17-33)30-8-3-13-42-24-30/h1-21,23-26H,22H2. The fourth-order valence-electron chi connectivity index (χ4n) is 5.41. The van der Waals surface area contributed by atoms with Gasteiger partial charge in [-0.05, 0) is 111 Å². The Morgan fingerprint density at radius 3 is 1.07 bits per heavy atom. The molecule has 7 rings (SSSR count). The summed E-state index contributed by atoms with van der Waals surface area (Å²) >= 11 is 3.51. The van der Waals surface area contributed by atoms with Gasteiger partial charge in [0.05, 0.1) is 5.69 Å². The average molecular weight is 632 g/mol. The van der Waals surface area contributed by atoms with Gasteiger partial charge in [-0.1, -0.05) is 58.4 Å². The second-order valence-electron chi connectivity index (χ2n) is 10.6. The molecule has 4 nitrogen and oxygen atoms in total. The van der Waals surface area contributed by atoms with Gasteiger partial charge in [-0.25, -0.2) is 0 Å². The molecule has 210 valence electrons. The molecular formula is C39H27BrN4. The van der Waals surface area contributed by atoms with E-state index in [0.29, 0.717) is 0 Å². The summed E-state index contributed by atoms with van der Waals surface area (Å²) in [7, 11) is 0. The van der Waals surface area contributed by atoms with E-state index in [9.17, 15) is 0 Å². The van der Waals surface area contributed by atoms with E-state index in [1.54, 1.807) is 18.6 Å². The summed E-state index contributed by atoms with van der Waals surface area (Å²) in [5.41, 5.74) is 14.3. The number of hydrogen-bond acceptors (Lipinski definition) is 4. The van der Waals surface area contributed by atoms with Crippen LogP contribution in [0.5, 0.6) is 0 Å². The number of rotatable bonds is 7. The highest BCUT2D eigenvalue weighted by Crippen LogP contribution is 2.36. The summed E-state index contributed by atoms with van der Waals surface area (Å²) in [6, 6.07) is 38.6. The molecule has 0 fully saturated rings. The first kappa shape index (κ1) is 27.6. The maximum Gasteiger partial charge on any atom is 0.0509 e. The Balaban J connectivity index is 1.36. The Hall–Kier alpha value is -5.26. The number of halogens is 1. The van der Waals surface area contributed by atoms with Crippen molar-refractivity contribution in [3.8, 4) is 66.8 Å². The molecule has 0 saturated heterocycles. The van der Waals surface area contributed by atoms with Crippen molar-refractivity contribution < 1.29 is 0 Å². The normalized spacial score (nSPS) is 10.9. The van der Waals surface area contributed by atoms with Crippen molar-refractivity contribution in [1.29, 1.82) is 0 Å². The zero-order valence-electron chi connectivity index (χ0n) is 23.8. The average Bonchev–Trinajstić information content (AvgIpc) is 3.12. The zero-order valence-corrected chi connectivity index (χ0v) is 25.4. The van der Waals surface area contributed by atoms with Crippen LogP contribution >= 0.6 is 15.9 Å². The quantitative estimate of drug-likeness (QED) is 0.164. The lowest BCUT2D eigenvalue weighted by Gasteiger charge is -2.14. The molecule has 0 radical (unpaired) electrons. The molecule has 4 heterocycles. The molecule has 0 amide bonds. The van der Waals surface area contributed by atoms with Gasteiger partial charge in [0.2, 0.25) is 0 Å². The predicted molar refractivity (Wildman–Crippen MR) is 183 cm³/mol. The highest BCUT2D eigenvalue weighted by atomic mass is 79.9. The SMILES string of the molecule is BrCc1ccc(-c2cc(-c3cccnc3)cc(-c3cccc(-c4cc(-c5cccnc5)cc(-c5cccnc5)c4)c3)c2)cn1. The van der Waals surface area contributed by atoms with Crippen LogP contribution < -0.4 is 0 Å². The molecule has 4 aromatic heterocycles. The van der Waals surface area contributed by atoms with Crippen LogP contribution in [-0.4, -0.2) is 19.9 Å². The number of alkyl halides is 1. The van der Waals surface area contributed by atoms with Crippen molar-refractivity contribution in [3.05, 3.63) is 158 Å². The van der Waals surface area contributed by atoms with E-state index in [4.69, 9.17) is 0 Å². The predicted octanol–water partition coefficient (Wildman–Crippen LogP) is 10.2. The Labute approximate surface area is 265 Å². The van der Waals surface area contributed by atoms with Gasteiger partial charge >= 0.3 is 0 Å². The van der Waals surface area contributed by atoms with Crippen LogP contribution in [0.1, 0.15) is 5.69 Å². The third kappa shape index (κ3) is 5.96.